The normalized spacial score (nSPS) is 11.4. The molecular weight excluding hydrogens is 267 g/mol. The Morgan fingerprint density at radius 3 is 2.50 bits per heavy atom. The molecule has 0 spiro atoms. The van der Waals surface area contributed by atoms with Crippen molar-refractivity contribution in [1.82, 2.24) is 9.97 Å². The number of rotatable bonds is 3. The van der Waals surface area contributed by atoms with Crippen molar-refractivity contribution >= 4 is 5.95 Å². The van der Waals surface area contributed by atoms with Gasteiger partial charge in [-0.25, -0.2) is 9.97 Å². The Kier molecular flexibility index (Phi) is 3.92. The van der Waals surface area contributed by atoms with Crippen molar-refractivity contribution in [3.8, 4) is 11.3 Å². The second-order valence-corrected chi connectivity index (χ2v) is 4.29. The van der Waals surface area contributed by atoms with E-state index in [0.29, 0.717) is 18.2 Å². The topological polar surface area (TPSA) is 37.8 Å². The van der Waals surface area contributed by atoms with Gasteiger partial charge in [0.15, 0.2) is 0 Å². The molecule has 1 aromatic heterocycles. The molecule has 1 heterocycles. The summed E-state index contributed by atoms with van der Waals surface area (Å²) < 4.78 is 39.1. The zero-order chi connectivity index (χ0) is 14.8. The van der Waals surface area contributed by atoms with Crippen LogP contribution in [0.2, 0.25) is 0 Å². The molecule has 6 heteroatoms. The highest BCUT2D eigenvalue weighted by molar-refractivity contribution is 5.65. The van der Waals surface area contributed by atoms with Gasteiger partial charge in [-0.1, -0.05) is 18.2 Å². The lowest BCUT2D eigenvalue weighted by atomic mass is 10.0. The third kappa shape index (κ3) is 3.07. The number of anilines is 1. The van der Waals surface area contributed by atoms with Gasteiger partial charge in [-0.2, -0.15) is 13.2 Å². The van der Waals surface area contributed by atoms with Crippen molar-refractivity contribution in [2.45, 2.75) is 20.0 Å². The fourth-order valence-corrected chi connectivity index (χ4v) is 1.90. The second-order valence-electron chi connectivity index (χ2n) is 4.29. The number of benzene rings is 1. The van der Waals surface area contributed by atoms with Crippen LogP contribution < -0.4 is 5.32 Å². The molecule has 2 aromatic rings. The lowest BCUT2D eigenvalue weighted by molar-refractivity contribution is -0.137. The van der Waals surface area contributed by atoms with Crippen molar-refractivity contribution in [1.29, 1.82) is 0 Å². The van der Waals surface area contributed by atoms with Gasteiger partial charge in [0.05, 0.1) is 11.3 Å². The van der Waals surface area contributed by atoms with E-state index >= 15 is 0 Å². The highest BCUT2D eigenvalue weighted by Crippen LogP contribution is 2.36. The van der Waals surface area contributed by atoms with Crippen LogP contribution in [0, 0.1) is 6.92 Å². The first-order chi connectivity index (χ1) is 9.41. The van der Waals surface area contributed by atoms with Crippen molar-refractivity contribution in [2.75, 3.05) is 11.9 Å². The molecule has 1 aromatic carbocycles. The summed E-state index contributed by atoms with van der Waals surface area (Å²) in [5, 5.41) is 2.91. The summed E-state index contributed by atoms with van der Waals surface area (Å²) in [6.07, 6.45) is -4.41. The number of hydrogen-bond donors (Lipinski definition) is 1. The number of nitrogens with zero attached hydrogens (tertiary/aromatic N) is 2. The van der Waals surface area contributed by atoms with Crippen molar-refractivity contribution in [2.24, 2.45) is 0 Å². The van der Waals surface area contributed by atoms with E-state index in [1.54, 1.807) is 19.1 Å². The minimum Gasteiger partial charge on any atom is -0.354 e. The molecule has 0 atom stereocenters. The summed E-state index contributed by atoms with van der Waals surface area (Å²) >= 11 is 0. The fourth-order valence-electron chi connectivity index (χ4n) is 1.90. The first-order valence-corrected chi connectivity index (χ1v) is 6.18. The molecule has 0 radical (unpaired) electrons. The average Bonchev–Trinajstić information content (AvgIpc) is 2.37. The van der Waals surface area contributed by atoms with E-state index in [9.17, 15) is 13.2 Å². The highest BCUT2D eigenvalue weighted by Gasteiger charge is 2.33. The fraction of sp³-hybridized carbons (Fsp3) is 0.286. The van der Waals surface area contributed by atoms with Gasteiger partial charge in [0.1, 0.15) is 0 Å². The second kappa shape index (κ2) is 5.48. The van der Waals surface area contributed by atoms with Crippen LogP contribution in [-0.2, 0) is 6.18 Å². The van der Waals surface area contributed by atoms with E-state index < -0.39 is 11.7 Å². The van der Waals surface area contributed by atoms with Crippen molar-refractivity contribution in [3.63, 3.8) is 0 Å². The molecule has 0 amide bonds. The van der Waals surface area contributed by atoms with Gasteiger partial charge in [-0.15, -0.1) is 0 Å². The smallest absolute Gasteiger partial charge is 0.354 e. The van der Waals surface area contributed by atoms with Crippen molar-refractivity contribution in [3.05, 3.63) is 41.6 Å². The standard InChI is InChI=1S/C14H14F3N3/c1-3-18-13-19-9(2)8-12(20-13)10-6-4-5-7-11(10)14(15,16)17/h4-8H,3H2,1-2H3,(H,18,19,20). The van der Waals surface area contributed by atoms with E-state index in [-0.39, 0.29) is 11.3 Å². The maximum atomic E-state index is 13.0. The maximum Gasteiger partial charge on any atom is 0.417 e. The number of alkyl halides is 3. The van der Waals surface area contributed by atoms with Gasteiger partial charge in [-0.05, 0) is 26.0 Å². The highest BCUT2D eigenvalue weighted by atomic mass is 19.4. The molecule has 0 aliphatic carbocycles. The Morgan fingerprint density at radius 2 is 1.85 bits per heavy atom. The minimum atomic E-state index is -4.41. The zero-order valence-electron chi connectivity index (χ0n) is 11.1. The molecule has 2 rings (SSSR count). The van der Waals surface area contributed by atoms with Gasteiger partial charge >= 0.3 is 6.18 Å². The van der Waals surface area contributed by atoms with E-state index in [1.165, 1.54) is 12.1 Å². The summed E-state index contributed by atoms with van der Waals surface area (Å²) in [6.45, 7) is 4.20. The van der Waals surface area contributed by atoms with Gasteiger partial charge in [0.25, 0.3) is 0 Å². The Morgan fingerprint density at radius 1 is 1.15 bits per heavy atom. The Labute approximate surface area is 114 Å². The van der Waals surface area contributed by atoms with Crippen LogP contribution in [0.5, 0.6) is 0 Å². The third-order valence-corrected chi connectivity index (χ3v) is 2.70. The van der Waals surface area contributed by atoms with Crippen LogP contribution in [0.1, 0.15) is 18.2 Å². The quantitative estimate of drug-likeness (QED) is 0.927. The number of aromatic nitrogens is 2. The molecule has 20 heavy (non-hydrogen) atoms. The molecule has 0 aliphatic heterocycles. The van der Waals surface area contributed by atoms with E-state index in [4.69, 9.17) is 0 Å². The Bertz CT molecular complexity index is 609. The summed E-state index contributed by atoms with van der Waals surface area (Å²) in [5.41, 5.74) is 0.245. The summed E-state index contributed by atoms with van der Waals surface area (Å²) in [6, 6.07) is 6.95. The summed E-state index contributed by atoms with van der Waals surface area (Å²) in [5.74, 6) is 0.333. The molecule has 0 aliphatic rings. The van der Waals surface area contributed by atoms with Gasteiger partial charge < -0.3 is 5.32 Å². The van der Waals surface area contributed by atoms with Crippen LogP contribution >= 0.6 is 0 Å². The monoisotopic (exact) mass is 281 g/mol. The predicted molar refractivity (Wildman–Crippen MR) is 71.4 cm³/mol. The summed E-state index contributed by atoms with van der Waals surface area (Å²) in [4.78, 5) is 8.28. The molecule has 3 nitrogen and oxygen atoms in total. The molecule has 1 N–H and O–H groups in total. The van der Waals surface area contributed by atoms with E-state index in [0.717, 1.165) is 6.07 Å². The average molecular weight is 281 g/mol. The molecule has 0 unspecified atom stereocenters. The first-order valence-electron chi connectivity index (χ1n) is 6.18. The van der Waals surface area contributed by atoms with Gasteiger partial charge in [0, 0.05) is 17.8 Å². The van der Waals surface area contributed by atoms with E-state index in [1.807, 2.05) is 6.92 Å². The number of halogens is 3. The van der Waals surface area contributed by atoms with Crippen LogP contribution in [0.15, 0.2) is 30.3 Å². The lowest BCUT2D eigenvalue weighted by Crippen LogP contribution is -2.09. The molecule has 0 saturated heterocycles. The van der Waals surface area contributed by atoms with Crippen molar-refractivity contribution < 1.29 is 13.2 Å². The van der Waals surface area contributed by atoms with Crippen LogP contribution in [0.3, 0.4) is 0 Å². The van der Waals surface area contributed by atoms with Crippen LogP contribution in [0.25, 0.3) is 11.3 Å². The minimum absolute atomic E-state index is 0.0599. The van der Waals surface area contributed by atoms with E-state index in [2.05, 4.69) is 15.3 Å². The van der Waals surface area contributed by atoms with Gasteiger partial charge in [-0.3, -0.25) is 0 Å². The zero-order valence-corrected chi connectivity index (χ0v) is 11.1. The third-order valence-electron chi connectivity index (χ3n) is 2.70. The maximum absolute atomic E-state index is 13.0. The first kappa shape index (κ1) is 14.3. The van der Waals surface area contributed by atoms with Gasteiger partial charge in [0.2, 0.25) is 5.95 Å². The number of nitrogens with one attached hydrogen (secondary N) is 1. The molecule has 0 fully saturated rings. The SMILES string of the molecule is CCNc1nc(C)cc(-c2ccccc2C(F)(F)F)n1. The molecule has 0 bridgehead atoms. The molecule has 0 saturated carbocycles. The summed E-state index contributed by atoms with van der Waals surface area (Å²) in [7, 11) is 0. The largest absolute Gasteiger partial charge is 0.417 e. The molecular formula is C14H14F3N3. The molecule has 106 valence electrons. The Hall–Kier alpha value is -2.11. The predicted octanol–water partition coefficient (Wildman–Crippen LogP) is 3.90. The lowest BCUT2D eigenvalue weighted by Gasteiger charge is -2.13. The number of hydrogen-bond acceptors (Lipinski definition) is 3. The number of aryl methyl sites for hydroxylation is 1. The van der Waals surface area contributed by atoms with Crippen LogP contribution in [-0.4, -0.2) is 16.5 Å². The Balaban J connectivity index is 2.57. The van der Waals surface area contributed by atoms with Crippen LogP contribution in [0.4, 0.5) is 19.1 Å².